The van der Waals surface area contributed by atoms with Crippen LogP contribution in [0.25, 0.3) is 0 Å². The number of unbranched alkanes of at least 4 members (excludes halogenated alkanes) is 1. The molecule has 0 aliphatic rings. The Bertz CT molecular complexity index is 159. The number of halogens is 2. The van der Waals surface area contributed by atoms with Crippen LogP contribution in [0.3, 0.4) is 0 Å². The Morgan fingerprint density at radius 1 is 1.67 bits per heavy atom. The second kappa shape index (κ2) is 4.35. The first-order valence-corrected chi connectivity index (χ1v) is 3.70. The number of alkyl halides is 2. The molecule has 0 amide bonds. The van der Waals surface area contributed by atoms with Gasteiger partial charge in [0.1, 0.15) is 12.1 Å². The van der Waals surface area contributed by atoms with Gasteiger partial charge in [0.15, 0.2) is 0 Å². The quantitative estimate of drug-likeness (QED) is 0.645. The van der Waals surface area contributed by atoms with Crippen LogP contribution in [-0.4, -0.2) is 23.1 Å². The zero-order valence-electron chi connectivity index (χ0n) is 6.72. The summed E-state index contributed by atoms with van der Waals surface area (Å²) in [7, 11) is 0. The lowest BCUT2D eigenvalue weighted by atomic mass is 10.1. The molecule has 12 heavy (non-hydrogen) atoms. The fourth-order valence-electron chi connectivity index (χ4n) is 0.715. The summed E-state index contributed by atoms with van der Waals surface area (Å²) in [4.78, 5) is 9.80. The highest BCUT2D eigenvalue weighted by Gasteiger charge is 2.39. The molecule has 1 atom stereocenters. The van der Waals surface area contributed by atoms with Crippen LogP contribution in [0.2, 0.25) is 0 Å². The van der Waals surface area contributed by atoms with Crippen molar-refractivity contribution < 1.29 is 23.8 Å². The van der Waals surface area contributed by atoms with Crippen LogP contribution in [0.5, 0.6) is 0 Å². The number of aliphatic hydroxyl groups is 1. The van der Waals surface area contributed by atoms with Crippen molar-refractivity contribution in [2.24, 2.45) is 0 Å². The molecule has 3 nitrogen and oxygen atoms in total. The Morgan fingerprint density at radius 3 is 2.50 bits per heavy atom. The van der Waals surface area contributed by atoms with E-state index in [2.05, 4.69) is 0 Å². The van der Waals surface area contributed by atoms with Crippen LogP contribution in [-0.2, 0) is 4.79 Å². The lowest BCUT2D eigenvalue weighted by Gasteiger charge is -2.22. The summed E-state index contributed by atoms with van der Waals surface area (Å²) in [6.07, 6.45) is -1.37. The Kier molecular flexibility index (Phi) is 4.09. The first-order chi connectivity index (χ1) is 5.42. The molecule has 0 fully saturated rings. The molecular weight excluding hydrogens is 170 g/mol. The van der Waals surface area contributed by atoms with Gasteiger partial charge in [0.2, 0.25) is 0 Å². The molecule has 0 bridgehead atoms. The first kappa shape index (κ1) is 11.3. The predicted octanol–water partition coefficient (Wildman–Crippen LogP) is -0.0773. The Hall–Kier alpha value is -0.710. The van der Waals surface area contributed by atoms with E-state index in [9.17, 15) is 18.7 Å². The summed E-state index contributed by atoms with van der Waals surface area (Å²) in [5.41, 5.74) is 0. The zero-order chi connectivity index (χ0) is 9.78. The molecule has 0 aromatic carbocycles. The van der Waals surface area contributed by atoms with E-state index in [0.29, 0.717) is 12.8 Å². The van der Waals surface area contributed by atoms with E-state index in [-0.39, 0.29) is 6.42 Å². The maximum absolute atomic E-state index is 12.4. The number of carboxylic acid groups (broad SMARTS) is 1. The van der Waals surface area contributed by atoms with Gasteiger partial charge in [-0.1, -0.05) is 19.8 Å². The lowest BCUT2D eigenvalue weighted by molar-refractivity contribution is -0.336. The van der Waals surface area contributed by atoms with E-state index in [4.69, 9.17) is 5.11 Å². The number of carboxylic acids is 1. The van der Waals surface area contributed by atoms with Crippen molar-refractivity contribution in [2.45, 2.75) is 38.2 Å². The highest BCUT2D eigenvalue weighted by molar-refractivity contribution is 5.73. The fourth-order valence-corrected chi connectivity index (χ4v) is 0.715. The van der Waals surface area contributed by atoms with Crippen LogP contribution >= 0.6 is 0 Å². The molecule has 1 unspecified atom stereocenters. The molecule has 0 heterocycles. The molecule has 0 aromatic heterocycles. The summed E-state index contributed by atoms with van der Waals surface area (Å²) in [5, 5.41) is 18.5. The van der Waals surface area contributed by atoms with E-state index in [1.165, 1.54) is 0 Å². The third-order valence-corrected chi connectivity index (χ3v) is 1.52. The van der Waals surface area contributed by atoms with Gasteiger partial charge in [-0.15, -0.1) is 0 Å². The second-order valence-electron chi connectivity index (χ2n) is 2.57. The van der Waals surface area contributed by atoms with Crippen molar-refractivity contribution >= 4 is 5.97 Å². The minimum absolute atomic E-state index is 0.225. The molecule has 0 radical (unpaired) electrons. The van der Waals surface area contributed by atoms with Crippen molar-refractivity contribution in [3.63, 3.8) is 0 Å². The van der Waals surface area contributed by atoms with Crippen molar-refractivity contribution in [3.05, 3.63) is 0 Å². The van der Waals surface area contributed by atoms with Gasteiger partial charge in [0, 0.05) is 0 Å². The van der Waals surface area contributed by atoms with Crippen LogP contribution < -0.4 is 5.11 Å². The topological polar surface area (TPSA) is 60.4 Å². The summed E-state index contributed by atoms with van der Waals surface area (Å²) in [5.74, 6) is -6.65. The van der Waals surface area contributed by atoms with Crippen molar-refractivity contribution in [1.82, 2.24) is 0 Å². The maximum Gasteiger partial charge on any atom is 0.312 e. The van der Waals surface area contributed by atoms with E-state index in [0.717, 1.165) is 0 Å². The SMILES string of the molecule is CCCCC(O)C(F)(F)C(=O)[O-]. The van der Waals surface area contributed by atoms with Gasteiger partial charge >= 0.3 is 5.92 Å². The Morgan fingerprint density at radius 2 is 2.17 bits per heavy atom. The molecule has 0 saturated heterocycles. The Labute approximate surface area is 69.0 Å². The van der Waals surface area contributed by atoms with Gasteiger partial charge in [-0.2, -0.15) is 8.78 Å². The first-order valence-electron chi connectivity index (χ1n) is 3.70. The highest BCUT2D eigenvalue weighted by Crippen LogP contribution is 2.21. The number of hydrogen-bond acceptors (Lipinski definition) is 3. The summed E-state index contributed by atoms with van der Waals surface area (Å²) in [6.45, 7) is 1.75. The average molecular weight is 181 g/mol. The number of rotatable bonds is 5. The predicted molar refractivity (Wildman–Crippen MR) is 35.5 cm³/mol. The van der Waals surface area contributed by atoms with Crippen LogP contribution in [0.1, 0.15) is 26.2 Å². The number of aliphatic hydroxyl groups excluding tert-OH is 1. The van der Waals surface area contributed by atoms with Crippen LogP contribution in [0.15, 0.2) is 0 Å². The fraction of sp³-hybridized carbons (Fsp3) is 0.857. The molecule has 0 aliphatic heterocycles. The molecule has 5 heteroatoms. The Balaban J connectivity index is 4.06. The smallest absolute Gasteiger partial charge is 0.312 e. The van der Waals surface area contributed by atoms with Crippen molar-refractivity contribution in [1.29, 1.82) is 0 Å². The van der Waals surface area contributed by atoms with E-state index in [1.807, 2.05) is 0 Å². The molecule has 1 N–H and O–H groups in total. The maximum atomic E-state index is 12.4. The minimum Gasteiger partial charge on any atom is -0.544 e. The molecule has 0 saturated carbocycles. The second-order valence-corrected chi connectivity index (χ2v) is 2.57. The summed E-state index contributed by atoms with van der Waals surface area (Å²) in [6, 6.07) is 0. The van der Waals surface area contributed by atoms with Gasteiger partial charge in [0.25, 0.3) is 0 Å². The van der Waals surface area contributed by atoms with Crippen LogP contribution in [0.4, 0.5) is 8.78 Å². The summed E-state index contributed by atoms with van der Waals surface area (Å²) < 4.78 is 24.7. The largest absolute Gasteiger partial charge is 0.544 e. The van der Waals surface area contributed by atoms with Gasteiger partial charge in [-0.05, 0) is 6.42 Å². The molecule has 0 rings (SSSR count). The number of carbonyl (C=O) groups is 1. The van der Waals surface area contributed by atoms with E-state index in [1.54, 1.807) is 6.92 Å². The van der Waals surface area contributed by atoms with Crippen LogP contribution in [0, 0.1) is 0 Å². The molecule has 0 aliphatic carbocycles. The van der Waals surface area contributed by atoms with Gasteiger partial charge < -0.3 is 15.0 Å². The zero-order valence-corrected chi connectivity index (χ0v) is 6.72. The van der Waals surface area contributed by atoms with Gasteiger partial charge in [-0.25, -0.2) is 0 Å². The lowest BCUT2D eigenvalue weighted by Crippen LogP contribution is -2.49. The van der Waals surface area contributed by atoms with Crippen molar-refractivity contribution in [2.75, 3.05) is 0 Å². The number of hydrogen-bond donors (Lipinski definition) is 1. The van der Waals surface area contributed by atoms with E-state index < -0.39 is 18.0 Å². The summed E-state index contributed by atoms with van der Waals surface area (Å²) >= 11 is 0. The third-order valence-electron chi connectivity index (χ3n) is 1.52. The highest BCUT2D eigenvalue weighted by atomic mass is 19.3. The van der Waals surface area contributed by atoms with Crippen molar-refractivity contribution in [3.8, 4) is 0 Å². The average Bonchev–Trinajstić information content (AvgIpc) is 1.99. The third kappa shape index (κ3) is 2.73. The number of aliphatic carboxylic acids is 1. The minimum atomic E-state index is -4.13. The molecular formula is C7H11F2O3-. The van der Waals surface area contributed by atoms with Gasteiger partial charge in [-0.3, -0.25) is 0 Å². The normalized spacial score (nSPS) is 14.3. The standard InChI is InChI=1S/C7H12F2O3/c1-2-3-4-5(10)7(8,9)6(11)12/h5,10H,2-4H2,1H3,(H,11,12)/p-1. The van der Waals surface area contributed by atoms with Gasteiger partial charge in [0.05, 0.1) is 0 Å². The monoisotopic (exact) mass is 181 g/mol. The number of carbonyl (C=O) groups excluding carboxylic acids is 1. The molecule has 0 spiro atoms. The molecule has 0 aromatic rings. The molecule has 72 valence electrons. The van der Waals surface area contributed by atoms with E-state index >= 15 is 0 Å².